The van der Waals surface area contributed by atoms with E-state index in [9.17, 15) is 13.8 Å². The summed E-state index contributed by atoms with van der Waals surface area (Å²) in [6.07, 6.45) is 3.54. The number of anilines is 1. The van der Waals surface area contributed by atoms with Crippen LogP contribution in [0.2, 0.25) is 0 Å². The van der Waals surface area contributed by atoms with Gasteiger partial charge < -0.3 is 10.6 Å². The van der Waals surface area contributed by atoms with Gasteiger partial charge in [-0.05, 0) is 44.0 Å². The SMILES string of the molecule is Cc1c(C(=O)NC2CC2)nnn1-c1ccc(NC(=O)CCOS(C)=O)cc1. The molecule has 3 rings (SSSR count). The molecule has 9 nitrogen and oxygen atoms in total. The van der Waals surface area contributed by atoms with Gasteiger partial charge in [0, 0.05) is 18.0 Å². The number of nitrogens with zero attached hydrogens (tertiary/aromatic N) is 3. The minimum atomic E-state index is -1.38. The molecule has 0 saturated heterocycles. The van der Waals surface area contributed by atoms with Gasteiger partial charge in [0.15, 0.2) is 16.8 Å². The highest BCUT2D eigenvalue weighted by Crippen LogP contribution is 2.20. The maximum absolute atomic E-state index is 12.2. The zero-order valence-corrected chi connectivity index (χ0v) is 15.9. The lowest BCUT2D eigenvalue weighted by Gasteiger charge is -2.07. The van der Waals surface area contributed by atoms with Crippen LogP contribution in [0.5, 0.6) is 0 Å². The molecular formula is C17H21N5O4S. The van der Waals surface area contributed by atoms with Gasteiger partial charge in [-0.2, -0.15) is 0 Å². The number of nitrogens with one attached hydrogen (secondary N) is 2. The molecule has 0 spiro atoms. The van der Waals surface area contributed by atoms with Gasteiger partial charge in [-0.25, -0.2) is 8.89 Å². The molecule has 1 unspecified atom stereocenters. The van der Waals surface area contributed by atoms with E-state index in [1.54, 1.807) is 35.9 Å². The Balaban J connectivity index is 1.61. The van der Waals surface area contributed by atoms with E-state index in [1.807, 2.05) is 0 Å². The quantitative estimate of drug-likeness (QED) is 0.696. The molecule has 0 radical (unpaired) electrons. The maximum atomic E-state index is 12.2. The van der Waals surface area contributed by atoms with E-state index in [2.05, 4.69) is 20.9 Å². The summed E-state index contributed by atoms with van der Waals surface area (Å²) < 4.78 is 17.2. The van der Waals surface area contributed by atoms with Crippen LogP contribution in [-0.2, 0) is 20.1 Å². The molecule has 10 heteroatoms. The van der Waals surface area contributed by atoms with E-state index >= 15 is 0 Å². The number of hydrogen-bond acceptors (Lipinski definition) is 6. The molecule has 144 valence electrons. The van der Waals surface area contributed by atoms with Crippen LogP contribution in [0.4, 0.5) is 5.69 Å². The Labute approximate surface area is 159 Å². The number of rotatable bonds is 8. The molecule has 1 aromatic carbocycles. The summed E-state index contributed by atoms with van der Waals surface area (Å²) in [6, 6.07) is 7.27. The lowest BCUT2D eigenvalue weighted by molar-refractivity contribution is -0.116. The van der Waals surface area contributed by atoms with E-state index in [4.69, 9.17) is 4.18 Å². The fourth-order valence-corrected chi connectivity index (χ4v) is 2.74. The van der Waals surface area contributed by atoms with E-state index < -0.39 is 11.1 Å². The van der Waals surface area contributed by atoms with Crippen molar-refractivity contribution in [1.82, 2.24) is 20.3 Å². The lowest BCUT2D eigenvalue weighted by atomic mass is 10.2. The molecule has 1 atom stereocenters. The number of carbonyl (C=O) groups is 2. The van der Waals surface area contributed by atoms with Gasteiger partial charge in [0.25, 0.3) is 5.91 Å². The molecule has 1 heterocycles. The van der Waals surface area contributed by atoms with Crippen LogP contribution in [0.3, 0.4) is 0 Å². The first-order chi connectivity index (χ1) is 12.9. The van der Waals surface area contributed by atoms with Gasteiger partial charge in [-0.3, -0.25) is 13.8 Å². The second-order valence-electron chi connectivity index (χ2n) is 6.25. The predicted octanol–water partition coefficient (Wildman–Crippen LogP) is 1.11. The number of amides is 2. The minimum absolute atomic E-state index is 0.0941. The fraction of sp³-hybridized carbons (Fsp3) is 0.412. The molecule has 2 amide bonds. The van der Waals surface area contributed by atoms with Crippen LogP contribution in [-0.4, -0.2) is 49.9 Å². The molecule has 0 aliphatic heterocycles. The van der Waals surface area contributed by atoms with Gasteiger partial charge in [0.1, 0.15) is 0 Å². The first-order valence-corrected chi connectivity index (χ1v) is 10.0. The number of benzene rings is 1. The summed E-state index contributed by atoms with van der Waals surface area (Å²) in [4.78, 5) is 24.0. The first kappa shape index (κ1) is 19.2. The number of aromatic nitrogens is 3. The molecule has 1 saturated carbocycles. The van der Waals surface area contributed by atoms with Crippen LogP contribution in [0.1, 0.15) is 35.4 Å². The Morgan fingerprint density at radius 3 is 2.63 bits per heavy atom. The zero-order chi connectivity index (χ0) is 19.4. The van der Waals surface area contributed by atoms with Gasteiger partial charge in [0.05, 0.1) is 24.4 Å². The summed E-state index contributed by atoms with van der Waals surface area (Å²) in [5.41, 5.74) is 2.31. The van der Waals surface area contributed by atoms with Gasteiger partial charge in [-0.15, -0.1) is 5.10 Å². The molecular weight excluding hydrogens is 370 g/mol. The average molecular weight is 391 g/mol. The first-order valence-electron chi connectivity index (χ1n) is 8.54. The van der Waals surface area contributed by atoms with E-state index in [0.29, 0.717) is 17.1 Å². The average Bonchev–Trinajstić information content (AvgIpc) is 3.35. The molecule has 0 bridgehead atoms. The molecule has 1 aliphatic carbocycles. The standard InChI is InChI=1S/C17H21N5O4S/c1-11-16(17(24)19-13-3-4-13)20-21-22(11)14-7-5-12(6-8-14)18-15(23)9-10-26-27(2)25/h5-8,13H,3-4,9-10H2,1-2H3,(H,18,23)(H,19,24). The van der Waals surface area contributed by atoms with E-state index in [1.165, 1.54) is 6.26 Å². The zero-order valence-electron chi connectivity index (χ0n) is 15.1. The van der Waals surface area contributed by atoms with Crippen molar-refractivity contribution in [3.8, 4) is 5.69 Å². The topological polar surface area (TPSA) is 115 Å². The van der Waals surface area contributed by atoms with Crippen molar-refractivity contribution in [3.63, 3.8) is 0 Å². The third kappa shape index (κ3) is 5.20. The van der Waals surface area contributed by atoms with Crippen molar-refractivity contribution in [2.24, 2.45) is 0 Å². The number of carbonyl (C=O) groups excluding carboxylic acids is 2. The van der Waals surface area contributed by atoms with Crippen molar-refractivity contribution >= 4 is 28.6 Å². The van der Waals surface area contributed by atoms with Crippen molar-refractivity contribution in [2.45, 2.75) is 32.2 Å². The summed E-state index contributed by atoms with van der Waals surface area (Å²) >= 11 is -1.38. The van der Waals surface area contributed by atoms with Crippen molar-refractivity contribution in [2.75, 3.05) is 18.2 Å². The van der Waals surface area contributed by atoms with Crippen LogP contribution in [0.25, 0.3) is 5.69 Å². The predicted molar refractivity (Wildman–Crippen MR) is 99.8 cm³/mol. The Hall–Kier alpha value is -2.59. The van der Waals surface area contributed by atoms with Crippen LogP contribution >= 0.6 is 0 Å². The number of hydrogen-bond donors (Lipinski definition) is 2. The third-order valence-electron chi connectivity index (χ3n) is 4.00. The van der Waals surface area contributed by atoms with E-state index in [-0.39, 0.29) is 30.9 Å². The van der Waals surface area contributed by atoms with Crippen molar-refractivity contribution in [1.29, 1.82) is 0 Å². The third-order valence-corrected chi connectivity index (χ3v) is 4.49. The highest BCUT2D eigenvalue weighted by atomic mass is 32.2. The van der Waals surface area contributed by atoms with Crippen molar-refractivity contribution < 1.29 is 18.0 Å². The summed E-state index contributed by atoms with van der Waals surface area (Å²) in [5.74, 6) is -0.440. The summed E-state index contributed by atoms with van der Waals surface area (Å²) in [6.45, 7) is 1.88. The summed E-state index contributed by atoms with van der Waals surface area (Å²) in [7, 11) is 0. The van der Waals surface area contributed by atoms with Crippen LogP contribution < -0.4 is 10.6 Å². The molecule has 2 N–H and O–H groups in total. The van der Waals surface area contributed by atoms with Gasteiger partial charge >= 0.3 is 0 Å². The molecule has 1 fully saturated rings. The van der Waals surface area contributed by atoms with Crippen LogP contribution in [0.15, 0.2) is 24.3 Å². The Morgan fingerprint density at radius 1 is 1.30 bits per heavy atom. The Kier molecular flexibility index (Phi) is 5.97. The van der Waals surface area contributed by atoms with Crippen LogP contribution in [0, 0.1) is 6.92 Å². The van der Waals surface area contributed by atoms with Crippen molar-refractivity contribution in [3.05, 3.63) is 35.7 Å². The fourth-order valence-electron chi connectivity index (χ4n) is 2.43. The van der Waals surface area contributed by atoms with Gasteiger partial charge in [-0.1, -0.05) is 5.21 Å². The highest BCUT2D eigenvalue weighted by Gasteiger charge is 2.26. The highest BCUT2D eigenvalue weighted by molar-refractivity contribution is 7.79. The Morgan fingerprint density at radius 2 is 2.00 bits per heavy atom. The summed E-state index contributed by atoms with van der Waals surface area (Å²) in [5, 5.41) is 13.7. The maximum Gasteiger partial charge on any atom is 0.273 e. The molecule has 27 heavy (non-hydrogen) atoms. The molecule has 1 aliphatic rings. The lowest BCUT2D eigenvalue weighted by Crippen LogP contribution is -2.26. The smallest absolute Gasteiger partial charge is 0.273 e. The second-order valence-corrected chi connectivity index (χ2v) is 7.29. The molecule has 2 aromatic rings. The monoisotopic (exact) mass is 391 g/mol. The normalized spacial score (nSPS) is 14.6. The Bertz CT molecular complexity index is 861. The van der Waals surface area contributed by atoms with Gasteiger partial charge in [0.2, 0.25) is 5.91 Å². The minimum Gasteiger partial charge on any atom is -0.348 e. The largest absolute Gasteiger partial charge is 0.348 e. The molecule has 1 aromatic heterocycles. The second kappa shape index (κ2) is 8.40. The van der Waals surface area contributed by atoms with E-state index in [0.717, 1.165) is 18.5 Å².